The molecule has 0 bridgehead atoms. The minimum Gasteiger partial charge on any atom is -0.390 e. The van der Waals surface area contributed by atoms with Crippen LogP contribution >= 0.6 is 0 Å². The van der Waals surface area contributed by atoms with Crippen molar-refractivity contribution in [3.05, 3.63) is 0 Å². The van der Waals surface area contributed by atoms with Crippen LogP contribution in [0.3, 0.4) is 0 Å². The zero-order valence-corrected chi connectivity index (χ0v) is 21.4. The number of aliphatic hydroxyl groups excluding tert-OH is 4. The Morgan fingerprint density at radius 2 is 1.41 bits per heavy atom. The van der Waals surface area contributed by atoms with Gasteiger partial charge in [-0.15, -0.1) is 0 Å². The molecule has 4 aliphatic carbocycles. The molecule has 4 saturated carbocycles. The first kappa shape index (κ1) is 24.9. The summed E-state index contributed by atoms with van der Waals surface area (Å²) in [6.07, 6.45) is 6.31. The molecule has 0 radical (unpaired) electrons. The van der Waals surface area contributed by atoms with Crippen LogP contribution in [0.15, 0.2) is 0 Å². The van der Waals surface area contributed by atoms with Gasteiger partial charge in [0.15, 0.2) is 0 Å². The molecule has 0 heterocycles. The summed E-state index contributed by atoms with van der Waals surface area (Å²) in [6.45, 7) is 13.4. The fraction of sp³-hybridized carbons (Fsp3) is 1.00. The van der Waals surface area contributed by atoms with Crippen molar-refractivity contribution in [2.24, 2.45) is 58.2 Å². The van der Waals surface area contributed by atoms with E-state index in [9.17, 15) is 20.4 Å². The number of hydrogen-bond acceptors (Lipinski definition) is 4. The maximum atomic E-state index is 11.2. The van der Waals surface area contributed by atoms with Gasteiger partial charge in [-0.25, -0.2) is 0 Å². The molecule has 13 atom stereocenters. The molecule has 0 spiro atoms. The number of fused-ring (bicyclic) bond motifs is 5. The molecule has 0 aromatic carbocycles. The molecule has 0 amide bonds. The van der Waals surface area contributed by atoms with E-state index >= 15 is 0 Å². The predicted molar refractivity (Wildman–Crippen MR) is 128 cm³/mol. The van der Waals surface area contributed by atoms with Gasteiger partial charge in [-0.2, -0.15) is 0 Å². The highest BCUT2D eigenvalue weighted by molar-refractivity contribution is 5.11. The number of aliphatic hydroxyl groups is 4. The highest BCUT2D eigenvalue weighted by atomic mass is 16.3. The second-order valence-corrected chi connectivity index (χ2v) is 13.4. The van der Waals surface area contributed by atoms with Crippen LogP contribution in [0.2, 0.25) is 0 Å². The summed E-state index contributed by atoms with van der Waals surface area (Å²) in [4.78, 5) is 0. The van der Waals surface area contributed by atoms with E-state index in [-0.39, 0.29) is 22.7 Å². The Bertz CT molecular complexity index is 666. The summed E-state index contributed by atoms with van der Waals surface area (Å²) in [5, 5.41) is 42.8. The van der Waals surface area contributed by atoms with Crippen LogP contribution in [-0.4, -0.2) is 44.8 Å². The first-order chi connectivity index (χ1) is 14.9. The molecule has 4 rings (SSSR count). The maximum absolute atomic E-state index is 11.2. The fourth-order valence-electron chi connectivity index (χ4n) is 9.43. The highest BCUT2D eigenvalue weighted by Gasteiger charge is 2.62. The van der Waals surface area contributed by atoms with Gasteiger partial charge in [0.25, 0.3) is 0 Å². The lowest BCUT2D eigenvalue weighted by molar-refractivity contribution is -0.163. The Balaban J connectivity index is 1.52. The SMILES string of the molecule is CC(C)[C@H](C)[C@@H](O)[C@H](O)[C@@H](C)C1CCC2C3CC[C@H]4C[C@@H](O)[C@H](O)C[C@]4(C)C3CC[C@@]21C. The normalized spacial score (nSPS) is 50.2. The Kier molecular flexibility index (Phi) is 6.87. The molecule has 0 aromatic rings. The summed E-state index contributed by atoms with van der Waals surface area (Å²) in [7, 11) is 0. The minimum atomic E-state index is -0.659. The molecule has 0 aliphatic heterocycles. The van der Waals surface area contributed by atoms with Crippen LogP contribution in [0.25, 0.3) is 0 Å². The van der Waals surface area contributed by atoms with E-state index in [1.165, 1.54) is 32.1 Å². The summed E-state index contributed by atoms with van der Waals surface area (Å²) in [5.74, 6) is 3.59. The second kappa shape index (κ2) is 8.81. The molecule has 4 N–H and O–H groups in total. The Labute approximate surface area is 196 Å². The molecular formula is C28H50O4. The van der Waals surface area contributed by atoms with Crippen LogP contribution in [0.4, 0.5) is 0 Å². The topological polar surface area (TPSA) is 80.9 Å². The van der Waals surface area contributed by atoms with Gasteiger partial charge in [0.1, 0.15) is 0 Å². The third-order valence-electron chi connectivity index (χ3n) is 11.9. The van der Waals surface area contributed by atoms with E-state index in [2.05, 4.69) is 41.5 Å². The van der Waals surface area contributed by atoms with Gasteiger partial charge in [0.05, 0.1) is 24.4 Å². The Morgan fingerprint density at radius 3 is 2.06 bits per heavy atom. The van der Waals surface area contributed by atoms with Crippen molar-refractivity contribution in [1.29, 1.82) is 0 Å². The molecular weight excluding hydrogens is 400 g/mol. The minimum absolute atomic E-state index is 0.0940. The van der Waals surface area contributed by atoms with Gasteiger partial charge in [0, 0.05) is 0 Å². The number of hydrogen-bond donors (Lipinski definition) is 4. The quantitative estimate of drug-likeness (QED) is 0.492. The van der Waals surface area contributed by atoms with Crippen molar-refractivity contribution in [3.63, 3.8) is 0 Å². The van der Waals surface area contributed by atoms with E-state index < -0.39 is 24.4 Å². The summed E-state index contributed by atoms with van der Waals surface area (Å²) >= 11 is 0. The third kappa shape index (κ3) is 3.80. The van der Waals surface area contributed by atoms with Crippen molar-refractivity contribution >= 4 is 0 Å². The highest BCUT2D eigenvalue weighted by Crippen LogP contribution is 2.68. The zero-order chi connectivity index (χ0) is 23.6. The van der Waals surface area contributed by atoms with Crippen LogP contribution in [-0.2, 0) is 0 Å². The first-order valence-electron chi connectivity index (χ1n) is 13.6. The van der Waals surface area contributed by atoms with Gasteiger partial charge in [-0.1, -0.05) is 41.5 Å². The van der Waals surface area contributed by atoms with E-state index in [0.717, 1.165) is 19.3 Å². The van der Waals surface area contributed by atoms with Crippen LogP contribution in [0.5, 0.6) is 0 Å². The van der Waals surface area contributed by atoms with Gasteiger partial charge in [0.2, 0.25) is 0 Å². The molecule has 4 heteroatoms. The van der Waals surface area contributed by atoms with Gasteiger partial charge >= 0.3 is 0 Å². The largest absolute Gasteiger partial charge is 0.390 e. The monoisotopic (exact) mass is 450 g/mol. The van der Waals surface area contributed by atoms with Crippen molar-refractivity contribution < 1.29 is 20.4 Å². The standard InChI is InChI=1S/C28H50O4/c1-15(2)16(3)25(31)26(32)17(4)20-9-10-21-19-8-7-18-13-23(29)24(30)14-28(18,6)22(19)11-12-27(20,21)5/h15-26,29-32H,7-14H2,1-6H3/t16-,17-,18-,19?,20?,21?,22?,23+,24+,25+,26+,27+,28-/m0/s1. The van der Waals surface area contributed by atoms with Crippen molar-refractivity contribution in [2.45, 2.75) is 117 Å². The van der Waals surface area contributed by atoms with Gasteiger partial charge < -0.3 is 20.4 Å². The maximum Gasteiger partial charge on any atom is 0.0830 e. The fourth-order valence-corrected chi connectivity index (χ4v) is 9.43. The molecule has 4 unspecified atom stereocenters. The van der Waals surface area contributed by atoms with Gasteiger partial charge in [-0.05, 0) is 110 Å². The van der Waals surface area contributed by atoms with Crippen LogP contribution in [0, 0.1) is 58.2 Å². The van der Waals surface area contributed by atoms with E-state index in [1.807, 2.05) is 0 Å². The van der Waals surface area contributed by atoms with Crippen molar-refractivity contribution in [3.8, 4) is 0 Å². The van der Waals surface area contributed by atoms with Gasteiger partial charge in [-0.3, -0.25) is 0 Å². The zero-order valence-electron chi connectivity index (χ0n) is 21.4. The van der Waals surface area contributed by atoms with E-state index in [4.69, 9.17) is 0 Å². The van der Waals surface area contributed by atoms with Crippen molar-refractivity contribution in [2.75, 3.05) is 0 Å². The first-order valence-corrected chi connectivity index (χ1v) is 13.6. The Morgan fingerprint density at radius 1 is 0.750 bits per heavy atom. The lowest BCUT2D eigenvalue weighted by Crippen LogP contribution is -2.57. The molecule has 4 fully saturated rings. The molecule has 0 saturated heterocycles. The Hall–Kier alpha value is -0.160. The van der Waals surface area contributed by atoms with Crippen LogP contribution < -0.4 is 0 Å². The average molecular weight is 451 g/mol. The van der Waals surface area contributed by atoms with Crippen molar-refractivity contribution in [1.82, 2.24) is 0 Å². The summed E-state index contributed by atoms with van der Waals surface area (Å²) in [6, 6.07) is 0. The lowest BCUT2D eigenvalue weighted by Gasteiger charge is -2.61. The smallest absolute Gasteiger partial charge is 0.0830 e. The second-order valence-electron chi connectivity index (χ2n) is 13.4. The number of rotatable bonds is 5. The molecule has 32 heavy (non-hydrogen) atoms. The van der Waals surface area contributed by atoms with E-state index in [1.54, 1.807) is 0 Å². The summed E-state index contributed by atoms with van der Waals surface area (Å²) in [5.41, 5.74) is 0.382. The lowest BCUT2D eigenvalue weighted by atomic mass is 9.44. The van der Waals surface area contributed by atoms with Crippen LogP contribution in [0.1, 0.15) is 92.9 Å². The summed E-state index contributed by atoms with van der Waals surface area (Å²) < 4.78 is 0. The average Bonchev–Trinajstić information content (AvgIpc) is 3.09. The molecule has 186 valence electrons. The molecule has 4 nitrogen and oxygen atoms in total. The third-order valence-corrected chi connectivity index (χ3v) is 11.9. The molecule has 0 aromatic heterocycles. The predicted octanol–water partition coefficient (Wildman–Crippen LogP) is 4.63. The molecule has 4 aliphatic rings. The van der Waals surface area contributed by atoms with E-state index in [0.29, 0.717) is 35.5 Å².